The third-order valence-corrected chi connectivity index (χ3v) is 1.14. The van der Waals surface area contributed by atoms with Crippen molar-refractivity contribution in [2.24, 2.45) is 5.84 Å². The molecule has 0 aliphatic rings. The molecule has 0 saturated heterocycles. The molecule has 0 aliphatic carbocycles. The summed E-state index contributed by atoms with van der Waals surface area (Å²) in [6.45, 7) is 9.99. The Kier molecular flexibility index (Phi) is 3.80. The quantitative estimate of drug-likeness (QED) is 0.349. The molecule has 0 unspecified atom stereocenters. The summed E-state index contributed by atoms with van der Waals surface area (Å²) >= 11 is 0. The van der Waals surface area contributed by atoms with E-state index < -0.39 is 0 Å². The van der Waals surface area contributed by atoms with E-state index in [-0.39, 0.29) is 0 Å². The van der Waals surface area contributed by atoms with Gasteiger partial charge < -0.3 is 5.01 Å². The lowest BCUT2D eigenvalue weighted by Crippen LogP contribution is -2.29. The summed E-state index contributed by atoms with van der Waals surface area (Å²) in [7, 11) is 0. The molecular weight excluding hydrogens is 112 g/mol. The third kappa shape index (κ3) is 2.93. The number of hydrogen-bond donors (Lipinski definition) is 1. The van der Waals surface area contributed by atoms with Crippen LogP contribution in [0.2, 0.25) is 0 Å². The molecule has 0 aromatic heterocycles. The molecule has 0 radical (unpaired) electrons. The topological polar surface area (TPSA) is 29.3 Å². The summed E-state index contributed by atoms with van der Waals surface area (Å²) in [5.41, 5.74) is 0.940. The molecule has 0 fully saturated rings. The fourth-order valence-corrected chi connectivity index (χ4v) is 0.471. The van der Waals surface area contributed by atoms with Gasteiger partial charge in [0, 0.05) is 5.70 Å². The van der Waals surface area contributed by atoms with Crippen molar-refractivity contribution in [3.05, 3.63) is 24.9 Å². The molecule has 0 atom stereocenters. The number of rotatable bonds is 4. The zero-order valence-corrected chi connectivity index (χ0v) is 5.93. The van der Waals surface area contributed by atoms with Gasteiger partial charge in [-0.2, -0.15) is 0 Å². The van der Waals surface area contributed by atoms with E-state index in [0.717, 1.165) is 12.1 Å². The van der Waals surface area contributed by atoms with Crippen LogP contribution in [0.5, 0.6) is 0 Å². The summed E-state index contributed by atoms with van der Waals surface area (Å²) < 4.78 is 0. The monoisotopic (exact) mass is 126 g/mol. The maximum Gasteiger partial charge on any atom is 0.0516 e. The molecule has 0 amide bonds. The van der Waals surface area contributed by atoms with Crippen LogP contribution >= 0.6 is 0 Å². The van der Waals surface area contributed by atoms with Gasteiger partial charge >= 0.3 is 0 Å². The van der Waals surface area contributed by atoms with Crippen molar-refractivity contribution in [1.82, 2.24) is 5.01 Å². The third-order valence-electron chi connectivity index (χ3n) is 1.14. The van der Waals surface area contributed by atoms with E-state index in [4.69, 9.17) is 5.84 Å². The van der Waals surface area contributed by atoms with Gasteiger partial charge in [-0.1, -0.05) is 19.6 Å². The molecule has 0 spiro atoms. The first-order valence-corrected chi connectivity index (χ1v) is 3.03. The average Bonchev–Trinajstić information content (AvgIpc) is 1.87. The summed E-state index contributed by atoms with van der Waals surface area (Å²) in [6.07, 6.45) is 2.64. The first kappa shape index (κ1) is 8.24. The average molecular weight is 126 g/mol. The Hall–Kier alpha value is -0.760. The van der Waals surface area contributed by atoms with Crippen LogP contribution in [0.1, 0.15) is 13.3 Å². The highest BCUT2D eigenvalue weighted by molar-refractivity contribution is 4.91. The van der Waals surface area contributed by atoms with Crippen molar-refractivity contribution in [3.8, 4) is 0 Å². The van der Waals surface area contributed by atoms with Gasteiger partial charge in [0.15, 0.2) is 0 Å². The zero-order valence-electron chi connectivity index (χ0n) is 5.93. The molecule has 0 rings (SSSR count). The van der Waals surface area contributed by atoms with Gasteiger partial charge in [0.05, 0.1) is 6.54 Å². The highest BCUT2D eigenvalue weighted by Gasteiger charge is 1.94. The van der Waals surface area contributed by atoms with Gasteiger partial charge in [-0.3, -0.25) is 0 Å². The Morgan fingerprint density at radius 1 is 1.78 bits per heavy atom. The fourth-order valence-electron chi connectivity index (χ4n) is 0.471. The van der Waals surface area contributed by atoms with E-state index >= 15 is 0 Å². The Morgan fingerprint density at radius 2 is 2.33 bits per heavy atom. The maximum absolute atomic E-state index is 5.50. The van der Waals surface area contributed by atoms with Crippen molar-refractivity contribution in [2.75, 3.05) is 6.54 Å². The molecule has 52 valence electrons. The van der Waals surface area contributed by atoms with Crippen molar-refractivity contribution < 1.29 is 0 Å². The molecule has 0 aliphatic heterocycles. The van der Waals surface area contributed by atoms with E-state index in [0.29, 0.717) is 6.54 Å². The Morgan fingerprint density at radius 3 is 2.67 bits per heavy atom. The smallest absolute Gasteiger partial charge is 0.0516 e. The highest BCUT2D eigenvalue weighted by atomic mass is 15.4. The van der Waals surface area contributed by atoms with Gasteiger partial charge in [0.1, 0.15) is 0 Å². The predicted octanol–water partition coefficient (Wildman–Crippen LogP) is 1.27. The largest absolute Gasteiger partial charge is 0.312 e. The number of hydrazine groups is 1. The fraction of sp³-hybridized carbons (Fsp3) is 0.429. The van der Waals surface area contributed by atoms with Crippen molar-refractivity contribution >= 4 is 0 Å². The number of nitrogens with zero attached hydrogens (tertiary/aromatic N) is 1. The zero-order chi connectivity index (χ0) is 7.28. The van der Waals surface area contributed by atoms with Crippen molar-refractivity contribution in [3.63, 3.8) is 0 Å². The molecular formula is C7H14N2. The number of hydrogen-bond acceptors (Lipinski definition) is 2. The van der Waals surface area contributed by atoms with Gasteiger partial charge in [-0.25, -0.2) is 5.84 Å². The molecule has 0 aromatic carbocycles. The molecule has 0 heterocycles. The Balaban J connectivity index is 3.58. The second-order valence-corrected chi connectivity index (χ2v) is 1.86. The first-order valence-electron chi connectivity index (χ1n) is 3.03. The van der Waals surface area contributed by atoms with Crippen LogP contribution in [0.4, 0.5) is 0 Å². The van der Waals surface area contributed by atoms with Crippen LogP contribution in [0.3, 0.4) is 0 Å². The maximum atomic E-state index is 5.50. The summed E-state index contributed by atoms with van der Waals surface area (Å²) in [5, 5.41) is 1.59. The van der Waals surface area contributed by atoms with E-state index in [1.165, 1.54) is 0 Å². The molecule has 0 bridgehead atoms. The highest BCUT2D eigenvalue weighted by Crippen LogP contribution is 1.98. The molecule has 2 nitrogen and oxygen atoms in total. The minimum Gasteiger partial charge on any atom is -0.312 e. The second kappa shape index (κ2) is 4.15. The minimum atomic E-state index is 0.673. The van der Waals surface area contributed by atoms with Crippen LogP contribution in [-0.2, 0) is 0 Å². The van der Waals surface area contributed by atoms with Gasteiger partial charge in [-0.05, 0) is 6.42 Å². The predicted molar refractivity (Wildman–Crippen MR) is 40.5 cm³/mol. The summed E-state index contributed by atoms with van der Waals surface area (Å²) in [5.74, 6) is 5.50. The number of nitrogens with two attached hydrogens (primary N) is 1. The molecule has 0 aromatic rings. The van der Waals surface area contributed by atoms with Crippen LogP contribution in [0.15, 0.2) is 24.9 Å². The molecule has 0 saturated carbocycles. The lowest BCUT2D eigenvalue weighted by atomic mass is 10.3. The normalized spacial score (nSPS) is 8.67. The van der Waals surface area contributed by atoms with Gasteiger partial charge in [-0.15, -0.1) is 6.58 Å². The molecule has 2 N–H and O–H groups in total. The lowest BCUT2D eigenvalue weighted by molar-refractivity contribution is 0.389. The lowest BCUT2D eigenvalue weighted by Gasteiger charge is -2.17. The van der Waals surface area contributed by atoms with E-state index in [1.54, 1.807) is 11.1 Å². The van der Waals surface area contributed by atoms with Crippen LogP contribution in [-0.4, -0.2) is 11.6 Å². The van der Waals surface area contributed by atoms with Crippen molar-refractivity contribution in [1.29, 1.82) is 0 Å². The minimum absolute atomic E-state index is 0.673. The number of allylic oxidation sites excluding steroid dienone is 1. The Labute approximate surface area is 56.6 Å². The van der Waals surface area contributed by atoms with Crippen LogP contribution in [0, 0.1) is 0 Å². The van der Waals surface area contributed by atoms with Gasteiger partial charge in [0.25, 0.3) is 0 Å². The summed E-state index contributed by atoms with van der Waals surface area (Å²) in [6, 6.07) is 0. The van der Waals surface area contributed by atoms with Gasteiger partial charge in [0.2, 0.25) is 0 Å². The van der Waals surface area contributed by atoms with E-state index in [2.05, 4.69) is 13.2 Å². The van der Waals surface area contributed by atoms with Crippen molar-refractivity contribution in [2.45, 2.75) is 13.3 Å². The van der Waals surface area contributed by atoms with Crippen LogP contribution in [0.25, 0.3) is 0 Å². The van der Waals surface area contributed by atoms with E-state index in [9.17, 15) is 0 Å². The SMILES string of the molecule is C=CCN(N)C(=C)CC. The Bertz CT molecular complexity index is 107. The van der Waals surface area contributed by atoms with Crippen LogP contribution < -0.4 is 5.84 Å². The standard InChI is InChI=1S/C7H14N2/c1-4-6-9(8)7(3)5-2/h4H,1,3,5-6,8H2,2H3. The van der Waals surface area contributed by atoms with E-state index in [1.807, 2.05) is 6.92 Å². The second-order valence-electron chi connectivity index (χ2n) is 1.86. The molecule has 9 heavy (non-hydrogen) atoms. The summed E-state index contributed by atoms with van der Waals surface area (Å²) in [4.78, 5) is 0. The first-order chi connectivity index (χ1) is 4.22. The molecule has 2 heteroatoms.